The Morgan fingerprint density at radius 1 is 1.24 bits per heavy atom. The molecule has 5 nitrogen and oxygen atoms in total. The summed E-state index contributed by atoms with van der Waals surface area (Å²) in [7, 11) is 1.72. The maximum Gasteiger partial charge on any atom is 0.143 e. The average molecular weight is 461 g/mol. The number of nitrogens with zero attached hydrogens (tertiary/aromatic N) is 3. The highest BCUT2D eigenvalue weighted by molar-refractivity contribution is 5.51. The molecule has 2 saturated heterocycles. The van der Waals surface area contributed by atoms with E-state index in [1.807, 2.05) is 36.1 Å². The van der Waals surface area contributed by atoms with Crippen molar-refractivity contribution in [1.82, 2.24) is 19.8 Å². The molecule has 3 atom stereocenters. The number of halogens is 1. The molecule has 0 amide bonds. The lowest BCUT2D eigenvalue weighted by atomic mass is 9.67. The number of benzene rings is 2. The van der Waals surface area contributed by atoms with Crippen LogP contribution in [-0.4, -0.2) is 41.2 Å². The van der Waals surface area contributed by atoms with Crippen LogP contribution in [0.2, 0.25) is 0 Å². The van der Waals surface area contributed by atoms with Crippen molar-refractivity contribution in [3.05, 3.63) is 89.9 Å². The maximum atomic E-state index is 13.5. The second kappa shape index (κ2) is 8.91. The molecule has 1 N–H and O–H groups in total. The van der Waals surface area contributed by atoms with Gasteiger partial charge in [-0.25, -0.2) is 9.37 Å². The van der Waals surface area contributed by atoms with Crippen LogP contribution in [0.25, 0.3) is 5.69 Å². The Labute approximate surface area is 201 Å². The van der Waals surface area contributed by atoms with Gasteiger partial charge in [0.25, 0.3) is 0 Å². The molecule has 0 saturated carbocycles. The number of hydrogen-bond acceptors (Lipinski definition) is 4. The van der Waals surface area contributed by atoms with E-state index in [-0.39, 0.29) is 17.3 Å². The maximum absolute atomic E-state index is 13.5. The molecular formula is C28H33FN4O. The van der Waals surface area contributed by atoms with Crippen LogP contribution in [0, 0.1) is 18.2 Å². The van der Waals surface area contributed by atoms with E-state index in [9.17, 15) is 4.39 Å². The normalized spacial score (nSPS) is 23.5. The molecule has 2 fully saturated rings. The minimum atomic E-state index is -0.201. The standard InChI is InChI=1S/C28H33FN4O/c1-19-16-32(18-31-19)26-11-8-23(14-27(26)34-4)25-15-30-17-28(25)12-5-13-33(21(28)3)20(2)22-6-9-24(29)10-7-22/h6-11,14,16,18,20,25,30H,3,5,12-13,15,17H2,1-2,4H3. The summed E-state index contributed by atoms with van der Waals surface area (Å²) in [5.74, 6) is 0.943. The van der Waals surface area contributed by atoms with Crippen LogP contribution >= 0.6 is 0 Å². The summed E-state index contributed by atoms with van der Waals surface area (Å²) in [4.78, 5) is 6.79. The van der Waals surface area contributed by atoms with Crippen molar-refractivity contribution in [1.29, 1.82) is 0 Å². The van der Waals surface area contributed by atoms with Crippen LogP contribution < -0.4 is 10.1 Å². The lowest BCUT2D eigenvalue weighted by molar-refractivity contribution is 0.126. The summed E-state index contributed by atoms with van der Waals surface area (Å²) in [6.07, 6.45) is 6.03. The Morgan fingerprint density at radius 3 is 2.74 bits per heavy atom. The van der Waals surface area contributed by atoms with Gasteiger partial charge in [0, 0.05) is 42.9 Å². The predicted molar refractivity (Wildman–Crippen MR) is 133 cm³/mol. The van der Waals surface area contributed by atoms with Gasteiger partial charge in [0.2, 0.25) is 0 Å². The van der Waals surface area contributed by atoms with Crippen molar-refractivity contribution >= 4 is 0 Å². The molecule has 34 heavy (non-hydrogen) atoms. The van der Waals surface area contributed by atoms with E-state index in [0.717, 1.165) is 55.2 Å². The summed E-state index contributed by atoms with van der Waals surface area (Å²) in [5, 5.41) is 3.66. The van der Waals surface area contributed by atoms with Gasteiger partial charge in [-0.3, -0.25) is 0 Å². The number of aryl methyl sites for hydroxylation is 1. The molecule has 1 aromatic heterocycles. The molecule has 1 spiro atoms. The highest BCUT2D eigenvalue weighted by Gasteiger charge is 2.49. The first-order chi connectivity index (χ1) is 16.4. The number of nitrogens with one attached hydrogen (secondary N) is 1. The van der Waals surface area contributed by atoms with Gasteiger partial charge in [0.05, 0.1) is 30.9 Å². The number of imidazole rings is 1. The molecular weight excluding hydrogens is 427 g/mol. The third kappa shape index (κ3) is 3.80. The highest BCUT2D eigenvalue weighted by atomic mass is 19.1. The van der Waals surface area contributed by atoms with E-state index in [4.69, 9.17) is 4.74 Å². The van der Waals surface area contributed by atoms with E-state index in [1.54, 1.807) is 19.2 Å². The number of ether oxygens (including phenoxy) is 1. The van der Waals surface area contributed by atoms with E-state index in [2.05, 4.69) is 46.9 Å². The smallest absolute Gasteiger partial charge is 0.143 e. The van der Waals surface area contributed by atoms with Crippen molar-refractivity contribution in [2.24, 2.45) is 5.41 Å². The van der Waals surface area contributed by atoms with Gasteiger partial charge >= 0.3 is 0 Å². The molecule has 2 aromatic carbocycles. The summed E-state index contributed by atoms with van der Waals surface area (Å²) >= 11 is 0. The lowest BCUT2D eigenvalue weighted by Gasteiger charge is -2.49. The van der Waals surface area contributed by atoms with E-state index in [1.165, 1.54) is 11.3 Å². The molecule has 178 valence electrons. The topological polar surface area (TPSA) is 42.3 Å². The van der Waals surface area contributed by atoms with Crippen LogP contribution in [0.15, 0.2) is 67.3 Å². The lowest BCUT2D eigenvalue weighted by Crippen LogP contribution is -2.45. The van der Waals surface area contributed by atoms with Gasteiger partial charge in [0.15, 0.2) is 0 Å². The Bertz CT molecular complexity index is 1190. The van der Waals surface area contributed by atoms with Crippen molar-refractivity contribution in [3.63, 3.8) is 0 Å². The van der Waals surface area contributed by atoms with Gasteiger partial charge < -0.3 is 19.5 Å². The van der Waals surface area contributed by atoms with Crippen molar-refractivity contribution in [3.8, 4) is 11.4 Å². The number of likely N-dealkylation sites (tertiary alicyclic amines) is 1. The Balaban J connectivity index is 1.46. The Morgan fingerprint density at radius 2 is 2.03 bits per heavy atom. The molecule has 0 aliphatic carbocycles. The van der Waals surface area contributed by atoms with Crippen LogP contribution in [0.5, 0.6) is 5.75 Å². The third-order valence-corrected chi connectivity index (χ3v) is 7.82. The number of piperidine rings is 1. The zero-order chi connectivity index (χ0) is 23.9. The van der Waals surface area contributed by atoms with Gasteiger partial charge in [0.1, 0.15) is 11.6 Å². The van der Waals surface area contributed by atoms with Crippen molar-refractivity contribution in [2.45, 2.75) is 38.6 Å². The minimum absolute atomic E-state index is 0.0509. The summed E-state index contributed by atoms with van der Waals surface area (Å²) in [5.41, 5.74) is 5.47. The average Bonchev–Trinajstić information content (AvgIpc) is 3.47. The zero-order valence-corrected chi connectivity index (χ0v) is 20.2. The molecule has 0 bridgehead atoms. The van der Waals surface area contributed by atoms with Gasteiger partial charge in [-0.2, -0.15) is 0 Å². The second-order valence-electron chi connectivity index (χ2n) is 9.66. The summed E-state index contributed by atoms with van der Waals surface area (Å²) in [6, 6.07) is 13.6. The Hall–Kier alpha value is -3.12. The quantitative estimate of drug-likeness (QED) is 0.556. The fourth-order valence-electron chi connectivity index (χ4n) is 5.92. The van der Waals surface area contributed by atoms with Gasteiger partial charge in [-0.15, -0.1) is 0 Å². The number of rotatable bonds is 5. The number of hydrogen-bond donors (Lipinski definition) is 1. The molecule has 0 radical (unpaired) electrons. The molecule has 3 aromatic rings. The van der Waals surface area contributed by atoms with E-state index >= 15 is 0 Å². The van der Waals surface area contributed by atoms with E-state index in [0.29, 0.717) is 5.92 Å². The van der Waals surface area contributed by atoms with Crippen molar-refractivity contribution in [2.75, 3.05) is 26.7 Å². The number of methoxy groups -OCH3 is 1. The van der Waals surface area contributed by atoms with Gasteiger partial charge in [-0.1, -0.05) is 24.8 Å². The van der Waals surface area contributed by atoms with Crippen LogP contribution in [-0.2, 0) is 0 Å². The third-order valence-electron chi connectivity index (χ3n) is 7.82. The van der Waals surface area contributed by atoms with Crippen LogP contribution in [0.3, 0.4) is 0 Å². The first kappa shape index (κ1) is 22.7. The monoisotopic (exact) mass is 460 g/mol. The molecule has 6 heteroatoms. The first-order valence-electron chi connectivity index (χ1n) is 12.0. The van der Waals surface area contributed by atoms with Gasteiger partial charge in [-0.05, 0) is 62.1 Å². The first-order valence-corrected chi connectivity index (χ1v) is 12.0. The minimum Gasteiger partial charge on any atom is -0.495 e. The predicted octanol–water partition coefficient (Wildman–Crippen LogP) is 5.37. The SMILES string of the molecule is C=C1N(C(C)c2ccc(F)cc2)CCCC12CNCC2c1ccc(-n2cnc(C)c2)c(OC)c1. The fraction of sp³-hybridized carbons (Fsp3) is 0.393. The van der Waals surface area contributed by atoms with Crippen LogP contribution in [0.1, 0.15) is 48.5 Å². The number of aromatic nitrogens is 2. The van der Waals surface area contributed by atoms with E-state index < -0.39 is 0 Å². The highest BCUT2D eigenvalue weighted by Crippen LogP contribution is 2.53. The summed E-state index contributed by atoms with van der Waals surface area (Å²) < 4.78 is 21.3. The molecule has 2 aliphatic rings. The fourth-order valence-corrected chi connectivity index (χ4v) is 5.92. The largest absolute Gasteiger partial charge is 0.495 e. The van der Waals surface area contributed by atoms with Crippen LogP contribution in [0.4, 0.5) is 4.39 Å². The molecule has 3 unspecified atom stereocenters. The second-order valence-corrected chi connectivity index (χ2v) is 9.66. The van der Waals surface area contributed by atoms with Crippen molar-refractivity contribution < 1.29 is 9.13 Å². The summed E-state index contributed by atoms with van der Waals surface area (Å²) in [6.45, 7) is 11.6. The molecule has 5 rings (SSSR count). The molecule has 2 aliphatic heterocycles. The molecule has 3 heterocycles. The zero-order valence-electron chi connectivity index (χ0n) is 20.2. The Kier molecular flexibility index (Phi) is 5.94.